The molecule has 0 unspecified atom stereocenters. The Morgan fingerprint density at radius 1 is 1.04 bits per heavy atom. The molecule has 2 amide bonds. The maximum Gasteiger partial charge on any atom is 0.227 e. The summed E-state index contributed by atoms with van der Waals surface area (Å²) in [6.07, 6.45) is 2.23. The minimum Gasteiger partial charge on any atom is -0.352 e. The van der Waals surface area contributed by atoms with Crippen LogP contribution in [0.1, 0.15) is 43.6 Å². The van der Waals surface area contributed by atoms with E-state index in [1.54, 1.807) is 0 Å². The summed E-state index contributed by atoms with van der Waals surface area (Å²) >= 11 is 0. The van der Waals surface area contributed by atoms with Crippen molar-refractivity contribution in [3.63, 3.8) is 0 Å². The summed E-state index contributed by atoms with van der Waals surface area (Å²) in [5.74, 6) is 0.544. The summed E-state index contributed by atoms with van der Waals surface area (Å²) < 4.78 is 2.12. The van der Waals surface area contributed by atoms with Crippen LogP contribution in [0.2, 0.25) is 0 Å². The molecule has 0 aromatic carbocycles. The quantitative estimate of drug-likeness (QED) is 0.830. The molecule has 0 radical (unpaired) electrons. The van der Waals surface area contributed by atoms with Crippen molar-refractivity contribution in [2.24, 2.45) is 13.0 Å². The fourth-order valence-corrected chi connectivity index (χ4v) is 3.46. The van der Waals surface area contributed by atoms with E-state index in [-0.39, 0.29) is 17.7 Å². The lowest BCUT2D eigenvalue weighted by molar-refractivity contribution is -0.142. The Hall–Kier alpha value is -1.78. The Balaban J connectivity index is 1.91. The lowest BCUT2D eigenvalue weighted by Gasteiger charge is -2.36. The van der Waals surface area contributed by atoms with Crippen molar-refractivity contribution in [1.82, 2.24) is 14.4 Å². The van der Waals surface area contributed by atoms with Crippen LogP contribution >= 0.6 is 0 Å². The third-order valence-electron chi connectivity index (χ3n) is 5.50. The second kappa shape index (κ2) is 7.86. The van der Waals surface area contributed by atoms with Crippen molar-refractivity contribution in [2.75, 3.05) is 26.2 Å². The van der Waals surface area contributed by atoms with E-state index in [0.717, 1.165) is 24.1 Å². The average Bonchev–Trinajstić information content (AvgIpc) is 2.83. The van der Waals surface area contributed by atoms with Crippen molar-refractivity contribution < 1.29 is 9.59 Å². The summed E-state index contributed by atoms with van der Waals surface area (Å²) in [5.41, 5.74) is 3.44. The molecule has 1 saturated heterocycles. The number of carbonyl (C=O) groups is 2. The van der Waals surface area contributed by atoms with Gasteiger partial charge in [0.25, 0.3) is 0 Å². The van der Waals surface area contributed by atoms with Gasteiger partial charge in [0.2, 0.25) is 11.8 Å². The van der Waals surface area contributed by atoms with Gasteiger partial charge in [0, 0.05) is 50.5 Å². The second-order valence-electron chi connectivity index (χ2n) is 6.85. The maximum absolute atomic E-state index is 12.6. The van der Waals surface area contributed by atoms with Crippen LogP contribution in [0.5, 0.6) is 0 Å². The van der Waals surface area contributed by atoms with E-state index in [4.69, 9.17) is 0 Å². The van der Waals surface area contributed by atoms with Crippen molar-refractivity contribution in [3.05, 3.63) is 23.0 Å². The monoisotopic (exact) mass is 333 g/mol. The fraction of sp³-hybridized carbons (Fsp3) is 0.684. The molecule has 1 fully saturated rings. The number of nitrogens with zero attached hydrogens (tertiary/aromatic N) is 3. The van der Waals surface area contributed by atoms with E-state index in [0.29, 0.717) is 32.6 Å². The highest BCUT2D eigenvalue weighted by Crippen LogP contribution is 2.17. The van der Waals surface area contributed by atoms with E-state index < -0.39 is 0 Å². The summed E-state index contributed by atoms with van der Waals surface area (Å²) in [6, 6.07) is 2.10. The zero-order valence-corrected chi connectivity index (χ0v) is 15.8. The van der Waals surface area contributed by atoms with Crippen LogP contribution in [0.3, 0.4) is 0 Å². The summed E-state index contributed by atoms with van der Waals surface area (Å²) in [5, 5.41) is 0. The van der Waals surface area contributed by atoms with E-state index in [9.17, 15) is 9.59 Å². The summed E-state index contributed by atoms with van der Waals surface area (Å²) in [7, 11) is 2.03. The van der Waals surface area contributed by atoms with Gasteiger partial charge in [-0.3, -0.25) is 9.59 Å². The Morgan fingerprint density at radius 3 is 2.04 bits per heavy atom. The molecule has 134 valence electrons. The molecular formula is C19H31N3O2. The van der Waals surface area contributed by atoms with Crippen LogP contribution in [0.4, 0.5) is 0 Å². The predicted molar refractivity (Wildman–Crippen MR) is 95.8 cm³/mol. The SMILES string of the molecule is CCC(CC)C(=O)N1CCN(C(=O)Cc2cc(C)n(C)c2C)CC1. The third-order valence-corrected chi connectivity index (χ3v) is 5.50. The molecule has 5 nitrogen and oxygen atoms in total. The van der Waals surface area contributed by atoms with Crippen LogP contribution in [0, 0.1) is 19.8 Å². The van der Waals surface area contributed by atoms with Crippen LogP contribution in [-0.4, -0.2) is 52.4 Å². The van der Waals surface area contributed by atoms with Gasteiger partial charge < -0.3 is 14.4 Å². The first-order chi connectivity index (χ1) is 11.4. The zero-order valence-electron chi connectivity index (χ0n) is 15.8. The topological polar surface area (TPSA) is 45.6 Å². The van der Waals surface area contributed by atoms with Crippen molar-refractivity contribution >= 4 is 11.8 Å². The molecule has 0 atom stereocenters. The van der Waals surface area contributed by atoms with Crippen LogP contribution in [-0.2, 0) is 23.1 Å². The fourth-order valence-electron chi connectivity index (χ4n) is 3.46. The number of amides is 2. The van der Waals surface area contributed by atoms with Crippen molar-refractivity contribution in [2.45, 2.75) is 47.0 Å². The molecular weight excluding hydrogens is 302 g/mol. The van der Waals surface area contributed by atoms with Gasteiger partial charge in [0.1, 0.15) is 0 Å². The molecule has 0 N–H and O–H groups in total. The highest BCUT2D eigenvalue weighted by Gasteiger charge is 2.27. The number of hydrogen-bond acceptors (Lipinski definition) is 2. The standard InChI is InChI=1S/C19H31N3O2/c1-6-16(7-2)19(24)22-10-8-21(9-11-22)18(23)13-17-12-14(3)20(5)15(17)4/h12,16H,6-11,13H2,1-5H3. The lowest BCUT2D eigenvalue weighted by atomic mass is 10.0. The maximum atomic E-state index is 12.6. The number of carbonyl (C=O) groups excluding carboxylic acids is 2. The molecule has 0 spiro atoms. The normalized spacial score (nSPS) is 15.2. The number of aryl methyl sites for hydroxylation is 1. The Kier molecular flexibility index (Phi) is 6.08. The van der Waals surface area contributed by atoms with Gasteiger partial charge in [0.05, 0.1) is 6.42 Å². The van der Waals surface area contributed by atoms with Gasteiger partial charge >= 0.3 is 0 Å². The Bertz CT molecular complexity index is 594. The second-order valence-corrected chi connectivity index (χ2v) is 6.85. The molecule has 2 rings (SSSR count). The average molecular weight is 333 g/mol. The molecule has 0 saturated carbocycles. The number of piperazine rings is 1. The van der Waals surface area contributed by atoms with E-state index in [1.807, 2.05) is 16.8 Å². The third kappa shape index (κ3) is 3.82. The Morgan fingerprint density at radius 2 is 1.58 bits per heavy atom. The van der Waals surface area contributed by atoms with Gasteiger partial charge in [-0.25, -0.2) is 0 Å². The van der Waals surface area contributed by atoms with Crippen LogP contribution in [0.15, 0.2) is 6.07 Å². The van der Waals surface area contributed by atoms with Gasteiger partial charge in [-0.05, 0) is 38.3 Å². The summed E-state index contributed by atoms with van der Waals surface area (Å²) in [4.78, 5) is 28.8. The first-order valence-corrected chi connectivity index (χ1v) is 9.07. The van der Waals surface area contributed by atoms with Crippen LogP contribution in [0.25, 0.3) is 0 Å². The van der Waals surface area contributed by atoms with Gasteiger partial charge in [-0.15, -0.1) is 0 Å². The number of rotatable bonds is 5. The molecule has 1 aliphatic heterocycles. The van der Waals surface area contributed by atoms with E-state index in [1.165, 1.54) is 5.69 Å². The van der Waals surface area contributed by atoms with Crippen molar-refractivity contribution in [3.8, 4) is 0 Å². The molecule has 0 bridgehead atoms. The van der Waals surface area contributed by atoms with Gasteiger partial charge in [-0.1, -0.05) is 13.8 Å². The van der Waals surface area contributed by atoms with Gasteiger partial charge in [-0.2, -0.15) is 0 Å². The first kappa shape index (κ1) is 18.6. The van der Waals surface area contributed by atoms with E-state index >= 15 is 0 Å². The minimum absolute atomic E-state index is 0.127. The first-order valence-electron chi connectivity index (χ1n) is 9.07. The lowest BCUT2D eigenvalue weighted by Crippen LogP contribution is -2.52. The van der Waals surface area contributed by atoms with Crippen molar-refractivity contribution in [1.29, 1.82) is 0 Å². The van der Waals surface area contributed by atoms with Crippen LogP contribution < -0.4 is 0 Å². The summed E-state index contributed by atoms with van der Waals surface area (Å²) in [6.45, 7) is 10.9. The highest BCUT2D eigenvalue weighted by molar-refractivity contribution is 5.81. The number of aromatic nitrogens is 1. The van der Waals surface area contributed by atoms with E-state index in [2.05, 4.69) is 38.3 Å². The molecule has 24 heavy (non-hydrogen) atoms. The molecule has 1 aliphatic rings. The Labute approximate surface area is 145 Å². The van der Waals surface area contributed by atoms with Gasteiger partial charge in [0.15, 0.2) is 0 Å². The molecule has 5 heteroatoms. The minimum atomic E-state index is 0.127. The molecule has 1 aromatic heterocycles. The molecule has 0 aliphatic carbocycles. The smallest absolute Gasteiger partial charge is 0.227 e. The predicted octanol–water partition coefficient (Wildman–Crippen LogP) is 2.29. The largest absolute Gasteiger partial charge is 0.352 e. The number of hydrogen-bond donors (Lipinski definition) is 0. The highest BCUT2D eigenvalue weighted by atomic mass is 16.2. The molecule has 1 aromatic rings. The zero-order chi connectivity index (χ0) is 17.9. The molecule has 2 heterocycles.